The molecule has 0 saturated carbocycles. The van der Waals surface area contributed by atoms with E-state index >= 15 is 0 Å². The van der Waals surface area contributed by atoms with Gasteiger partial charge in [0.25, 0.3) is 0 Å². The normalized spacial score (nSPS) is 12.4. The van der Waals surface area contributed by atoms with E-state index in [1.165, 1.54) is 12.1 Å². The molecular weight excluding hydrogens is 237 g/mol. The highest BCUT2D eigenvalue weighted by molar-refractivity contribution is 7.07. The van der Waals surface area contributed by atoms with Crippen LogP contribution in [0.15, 0.2) is 35.0 Å². The van der Waals surface area contributed by atoms with Gasteiger partial charge in [0.1, 0.15) is 11.6 Å². The van der Waals surface area contributed by atoms with Gasteiger partial charge in [0, 0.05) is 11.6 Å². The minimum Gasteiger partial charge on any atom is -0.496 e. The van der Waals surface area contributed by atoms with E-state index in [1.54, 1.807) is 24.5 Å². The largest absolute Gasteiger partial charge is 0.496 e. The lowest BCUT2D eigenvalue weighted by molar-refractivity contribution is 0.404. The molecule has 0 aliphatic heterocycles. The molecule has 2 rings (SSSR count). The summed E-state index contributed by atoms with van der Waals surface area (Å²) in [6, 6.07) is 6.19. The van der Waals surface area contributed by atoms with Crippen LogP contribution < -0.4 is 10.5 Å². The third kappa shape index (κ3) is 2.84. The zero-order chi connectivity index (χ0) is 12.3. The van der Waals surface area contributed by atoms with Crippen LogP contribution in [-0.2, 0) is 6.42 Å². The molecule has 1 aromatic heterocycles. The Balaban J connectivity index is 2.23. The number of methoxy groups -OCH3 is 1. The van der Waals surface area contributed by atoms with Crippen molar-refractivity contribution >= 4 is 11.3 Å². The zero-order valence-electron chi connectivity index (χ0n) is 9.52. The second-order valence-corrected chi connectivity index (χ2v) is 4.61. The lowest BCUT2D eigenvalue weighted by Gasteiger charge is -2.15. The third-order valence-corrected chi connectivity index (χ3v) is 3.36. The summed E-state index contributed by atoms with van der Waals surface area (Å²) < 4.78 is 18.4. The van der Waals surface area contributed by atoms with Crippen molar-refractivity contribution in [2.45, 2.75) is 12.5 Å². The Morgan fingerprint density at radius 2 is 2.24 bits per heavy atom. The molecule has 4 heteroatoms. The Bertz CT molecular complexity index is 484. The van der Waals surface area contributed by atoms with Crippen molar-refractivity contribution in [1.29, 1.82) is 0 Å². The Kier molecular flexibility index (Phi) is 3.76. The average Bonchev–Trinajstić information content (AvgIpc) is 2.81. The van der Waals surface area contributed by atoms with E-state index in [4.69, 9.17) is 10.5 Å². The maximum atomic E-state index is 13.2. The summed E-state index contributed by atoms with van der Waals surface area (Å²) in [7, 11) is 1.56. The molecule has 1 heterocycles. The highest BCUT2D eigenvalue weighted by atomic mass is 32.1. The molecule has 0 fully saturated rings. The molecular formula is C13H14FNOS. The van der Waals surface area contributed by atoms with Crippen LogP contribution in [0.4, 0.5) is 4.39 Å². The molecule has 1 unspecified atom stereocenters. The topological polar surface area (TPSA) is 35.2 Å². The maximum absolute atomic E-state index is 13.2. The van der Waals surface area contributed by atoms with Gasteiger partial charge in [0.2, 0.25) is 0 Å². The molecule has 0 saturated heterocycles. The van der Waals surface area contributed by atoms with Gasteiger partial charge < -0.3 is 10.5 Å². The number of halogens is 1. The first-order valence-corrected chi connectivity index (χ1v) is 6.25. The van der Waals surface area contributed by atoms with Crippen molar-refractivity contribution in [3.8, 4) is 5.75 Å². The molecule has 0 aliphatic rings. The molecule has 17 heavy (non-hydrogen) atoms. The van der Waals surface area contributed by atoms with Crippen molar-refractivity contribution in [3.63, 3.8) is 0 Å². The van der Waals surface area contributed by atoms with Gasteiger partial charge in [0.05, 0.1) is 7.11 Å². The first-order chi connectivity index (χ1) is 8.20. The van der Waals surface area contributed by atoms with Crippen LogP contribution in [0.25, 0.3) is 0 Å². The molecule has 0 radical (unpaired) electrons. The molecule has 0 spiro atoms. The number of ether oxygens (including phenoxy) is 1. The zero-order valence-corrected chi connectivity index (χ0v) is 10.3. The second kappa shape index (κ2) is 5.29. The van der Waals surface area contributed by atoms with E-state index in [9.17, 15) is 4.39 Å². The van der Waals surface area contributed by atoms with Gasteiger partial charge >= 0.3 is 0 Å². The molecule has 0 bridgehead atoms. The average molecular weight is 251 g/mol. The van der Waals surface area contributed by atoms with E-state index in [-0.39, 0.29) is 11.9 Å². The Morgan fingerprint density at radius 3 is 2.88 bits per heavy atom. The first-order valence-electron chi connectivity index (χ1n) is 5.31. The van der Waals surface area contributed by atoms with Crippen LogP contribution in [0.3, 0.4) is 0 Å². The van der Waals surface area contributed by atoms with Crippen LogP contribution in [0.5, 0.6) is 5.75 Å². The fraction of sp³-hybridized carbons (Fsp3) is 0.231. The fourth-order valence-electron chi connectivity index (χ4n) is 1.77. The van der Waals surface area contributed by atoms with Crippen LogP contribution in [0.1, 0.15) is 17.2 Å². The van der Waals surface area contributed by atoms with Crippen LogP contribution >= 0.6 is 11.3 Å². The monoisotopic (exact) mass is 251 g/mol. The van der Waals surface area contributed by atoms with Crippen molar-refractivity contribution in [2.24, 2.45) is 5.73 Å². The molecule has 2 nitrogen and oxygen atoms in total. The summed E-state index contributed by atoms with van der Waals surface area (Å²) >= 11 is 1.63. The summed E-state index contributed by atoms with van der Waals surface area (Å²) in [4.78, 5) is 0. The quantitative estimate of drug-likeness (QED) is 0.906. The van der Waals surface area contributed by atoms with Gasteiger partial charge in [-0.15, -0.1) is 0 Å². The van der Waals surface area contributed by atoms with Crippen molar-refractivity contribution in [2.75, 3.05) is 7.11 Å². The van der Waals surface area contributed by atoms with Gasteiger partial charge in [-0.25, -0.2) is 4.39 Å². The summed E-state index contributed by atoms with van der Waals surface area (Å²) in [6.45, 7) is 0. The van der Waals surface area contributed by atoms with E-state index in [2.05, 4.69) is 0 Å². The van der Waals surface area contributed by atoms with Gasteiger partial charge in [-0.3, -0.25) is 0 Å². The predicted octanol–water partition coefficient (Wildman–Crippen LogP) is 3.14. The number of benzene rings is 1. The SMILES string of the molecule is COc1ccc(F)cc1C(N)Cc1ccsc1. The summed E-state index contributed by atoms with van der Waals surface area (Å²) in [5.74, 6) is 0.343. The molecule has 90 valence electrons. The van der Waals surface area contributed by atoms with E-state index in [1.807, 2.05) is 16.8 Å². The second-order valence-electron chi connectivity index (χ2n) is 3.83. The summed E-state index contributed by atoms with van der Waals surface area (Å²) in [6.07, 6.45) is 0.684. The lowest BCUT2D eigenvalue weighted by atomic mass is 10.0. The Labute approximate surface area is 104 Å². The van der Waals surface area contributed by atoms with E-state index < -0.39 is 0 Å². The summed E-state index contributed by atoms with van der Waals surface area (Å²) in [5, 5.41) is 4.05. The van der Waals surface area contributed by atoms with Crippen LogP contribution in [-0.4, -0.2) is 7.11 Å². The van der Waals surface area contributed by atoms with E-state index in [0.717, 1.165) is 5.56 Å². The fourth-order valence-corrected chi connectivity index (χ4v) is 2.45. The minimum absolute atomic E-state index is 0.254. The van der Waals surface area contributed by atoms with Crippen LogP contribution in [0, 0.1) is 5.82 Å². The highest BCUT2D eigenvalue weighted by Crippen LogP contribution is 2.27. The van der Waals surface area contributed by atoms with E-state index in [0.29, 0.717) is 17.7 Å². The Hall–Kier alpha value is -1.39. The number of hydrogen-bond donors (Lipinski definition) is 1. The van der Waals surface area contributed by atoms with Crippen molar-refractivity contribution in [3.05, 3.63) is 52.0 Å². The summed E-state index contributed by atoms with van der Waals surface area (Å²) in [5.41, 5.74) is 7.96. The molecule has 1 aromatic carbocycles. The molecule has 2 N–H and O–H groups in total. The molecule has 1 atom stereocenters. The minimum atomic E-state index is -0.290. The number of thiophene rings is 1. The highest BCUT2D eigenvalue weighted by Gasteiger charge is 2.13. The van der Waals surface area contributed by atoms with Gasteiger partial charge in [-0.05, 0) is 47.0 Å². The Morgan fingerprint density at radius 1 is 1.41 bits per heavy atom. The van der Waals surface area contributed by atoms with Gasteiger partial charge in [0.15, 0.2) is 0 Å². The molecule has 0 aliphatic carbocycles. The maximum Gasteiger partial charge on any atom is 0.123 e. The first kappa shape index (κ1) is 12.1. The number of rotatable bonds is 4. The molecule has 0 amide bonds. The number of nitrogens with two attached hydrogens (primary N) is 1. The smallest absolute Gasteiger partial charge is 0.123 e. The standard InChI is InChI=1S/C13H14FNOS/c1-16-13-3-2-10(14)7-11(13)12(15)6-9-4-5-17-8-9/h2-5,7-8,12H,6,15H2,1H3. The van der Waals surface area contributed by atoms with Crippen molar-refractivity contribution < 1.29 is 9.13 Å². The number of hydrogen-bond acceptors (Lipinski definition) is 3. The van der Waals surface area contributed by atoms with Crippen molar-refractivity contribution in [1.82, 2.24) is 0 Å². The van der Waals surface area contributed by atoms with Gasteiger partial charge in [-0.2, -0.15) is 11.3 Å². The van der Waals surface area contributed by atoms with Crippen LogP contribution in [0.2, 0.25) is 0 Å². The predicted molar refractivity (Wildman–Crippen MR) is 67.9 cm³/mol. The third-order valence-electron chi connectivity index (χ3n) is 2.63. The van der Waals surface area contributed by atoms with Gasteiger partial charge in [-0.1, -0.05) is 0 Å². The lowest BCUT2D eigenvalue weighted by Crippen LogP contribution is -2.14. The molecule has 2 aromatic rings.